The van der Waals surface area contributed by atoms with Gasteiger partial charge in [-0.1, -0.05) is 110 Å². The Kier molecular flexibility index (Phi) is 5.06. The molecule has 1 heterocycles. The highest BCUT2D eigenvalue weighted by atomic mass is 15.0. The summed E-state index contributed by atoms with van der Waals surface area (Å²) >= 11 is 0. The normalized spacial score (nSPS) is 15.6. The Morgan fingerprint density at radius 2 is 1.25 bits per heavy atom. The van der Waals surface area contributed by atoms with Crippen LogP contribution in [-0.4, -0.2) is 4.57 Å². The van der Waals surface area contributed by atoms with Gasteiger partial charge in [-0.15, -0.1) is 0 Å². The zero-order valence-corrected chi connectivity index (χ0v) is 23.0. The van der Waals surface area contributed by atoms with E-state index in [0.29, 0.717) is 0 Å². The molecule has 2 aliphatic carbocycles. The van der Waals surface area contributed by atoms with E-state index in [4.69, 9.17) is 0 Å². The standard InChI is InChI=1S/C39H31N/c1-39(2)35-19-11-9-17-31(35)33-24-34-32-18-10-12-20-37(32)40(38(34)25-36(33)39)30-22-28(26-13-5-3-6-14-26)21-29(23-30)27-15-7-4-8-16-27/h3-10,12-18,20-25H,11,19H2,1-2H3. The van der Waals surface area contributed by atoms with Crippen molar-refractivity contribution in [1.29, 1.82) is 0 Å². The van der Waals surface area contributed by atoms with Crippen molar-refractivity contribution in [2.45, 2.75) is 32.1 Å². The van der Waals surface area contributed by atoms with Crippen LogP contribution in [0, 0.1) is 0 Å². The highest BCUT2D eigenvalue weighted by molar-refractivity contribution is 6.11. The van der Waals surface area contributed by atoms with Gasteiger partial charge in [0, 0.05) is 21.9 Å². The van der Waals surface area contributed by atoms with Gasteiger partial charge in [-0.2, -0.15) is 0 Å². The van der Waals surface area contributed by atoms with E-state index in [1.54, 1.807) is 5.57 Å². The lowest BCUT2D eigenvalue weighted by molar-refractivity contribution is 0.608. The van der Waals surface area contributed by atoms with Gasteiger partial charge >= 0.3 is 0 Å². The predicted molar refractivity (Wildman–Crippen MR) is 170 cm³/mol. The SMILES string of the molecule is CC1(C)C2=C(C=CCC2)c2cc3c4ccccc4n(-c4cc(-c5ccccc5)cc(-c5ccccc5)c4)c3cc21. The van der Waals surface area contributed by atoms with Crippen molar-refractivity contribution in [2.24, 2.45) is 0 Å². The van der Waals surface area contributed by atoms with Crippen LogP contribution in [0.2, 0.25) is 0 Å². The number of fused-ring (bicyclic) bond motifs is 5. The van der Waals surface area contributed by atoms with E-state index >= 15 is 0 Å². The Morgan fingerprint density at radius 1 is 0.600 bits per heavy atom. The molecule has 40 heavy (non-hydrogen) atoms. The summed E-state index contributed by atoms with van der Waals surface area (Å²) in [6.07, 6.45) is 7.00. The first-order valence-corrected chi connectivity index (χ1v) is 14.3. The van der Waals surface area contributed by atoms with Crippen LogP contribution in [0.4, 0.5) is 0 Å². The van der Waals surface area contributed by atoms with Gasteiger partial charge < -0.3 is 4.57 Å². The molecule has 0 fully saturated rings. The van der Waals surface area contributed by atoms with E-state index < -0.39 is 0 Å². The summed E-state index contributed by atoms with van der Waals surface area (Å²) in [4.78, 5) is 0. The lowest BCUT2D eigenvalue weighted by Crippen LogP contribution is -2.17. The summed E-state index contributed by atoms with van der Waals surface area (Å²) in [6.45, 7) is 4.82. The lowest BCUT2D eigenvalue weighted by Gasteiger charge is -2.25. The third-order valence-corrected chi connectivity index (χ3v) is 9.09. The predicted octanol–water partition coefficient (Wildman–Crippen LogP) is 10.5. The zero-order valence-electron chi connectivity index (χ0n) is 23.0. The molecule has 1 heteroatoms. The minimum Gasteiger partial charge on any atom is -0.309 e. The number of hydrogen-bond acceptors (Lipinski definition) is 0. The van der Waals surface area contributed by atoms with Gasteiger partial charge in [-0.25, -0.2) is 0 Å². The number of allylic oxidation sites excluding steroid dienone is 4. The smallest absolute Gasteiger partial charge is 0.0544 e. The van der Waals surface area contributed by atoms with Gasteiger partial charge in [0.15, 0.2) is 0 Å². The molecule has 0 spiro atoms. The Labute approximate surface area is 235 Å². The van der Waals surface area contributed by atoms with Gasteiger partial charge in [-0.05, 0) is 88.2 Å². The van der Waals surface area contributed by atoms with Gasteiger partial charge in [0.25, 0.3) is 0 Å². The first-order chi connectivity index (χ1) is 19.6. The molecule has 0 radical (unpaired) electrons. The molecule has 1 aromatic heterocycles. The molecule has 2 aliphatic rings. The molecular weight excluding hydrogens is 482 g/mol. The van der Waals surface area contributed by atoms with Gasteiger partial charge in [0.2, 0.25) is 0 Å². The quantitative estimate of drug-likeness (QED) is 0.222. The molecule has 192 valence electrons. The molecule has 0 aliphatic heterocycles. The summed E-state index contributed by atoms with van der Waals surface area (Å²) in [5, 5.41) is 2.63. The van der Waals surface area contributed by atoms with E-state index in [-0.39, 0.29) is 5.41 Å². The lowest BCUT2D eigenvalue weighted by atomic mass is 9.78. The average Bonchev–Trinajstić information content (AvgIpc) is 3.45. The van der Waals surface area contributed by atoms with Crippen LogP contribution in [0.25, 0.3) is 55.3 Å². The molecule has 6 aromatic rings. The number of rotatable bonds is 3. The maximum Gasteiger partial charge on any atom is 0.0544 e. The fourth-order valence-electron chi connectivity index (χ4n) is 7.10. The molecule has 0 amide bonds. The molecule has 0 saturated carbocycles. The topological polar surface area (TPSA) is 4.93 Å². The molecule has 1 nitrogen and oxygen atoms in total. The van der Waals surface area contributed by atoms with E-state index in [9.17, 15) is 0 Å². The van der Waals surface area contributed by atoms with E-state index in [2.05, 4.69) is 146 Å². The van der Waals surface area contributed by atoms with Crippen LogP contribution in [0.5, 0.6) is 0 Å². The van der Waals surface area contributed by atoms with Gasteiger partial charge in [0.05, 0.1) is 11.0 Å². The summed E-state index contributed by atoms with van der Waals surface area (Å²) in [6, 6.07) is 42.4. The molecule has 8 rings (SSSR count). The van der Waals surface area contributed by atoms with Crippen molar-refractivity contribution in [2.75, 3.05) is 0 Å². The first kappa shape index (κ1) is 23.3. The monoisotopic (exact) mass is 513 g/mol. The Bertz CT molecular complexity index is 1940. The van der Waals surface area contributed by atoms with E-state index in [0.717, 1.165) is 12.8 Å². The minimum absolute atomic E-state index is 0.0337. The van der Waals surface area contributed by atoms with Crippen molar-refractivity contribution in [1.82, 2.24) is 4.57 Å². The highest BCUT2D eigenvalue weighted by Crippen LogP contribution is 2.52. The fraction of sp³-hybridized carbons (Fsp3) is 0.128. The van der Waals surface area contributed by atoms with E-state index in [1.807, 2.05) is 0 Å². The summed E-state index contributed by atoms with van der Waals surface area (Å²) < 4.78 is 2.49. The Balaban J connectivity index is 1.45. The largest absolute Gasteiger partial charge is 0.309 e. The molecule has 0 atom stereocenters. The number of nitrogens with zero attached hydrogens (tertiary/aromatic N) is 1. The second-order valence-electron chi connectivity index (χ2n) is 11.7. The zero-order chi connectivity index (χ0) is 26.8. The molecule has 0 bridgehead atoms. The summed E-state index contributed by atoms with van der Waals surface area (Å²) in [5.74, 6) is 0. The van der Waals surface area contributed by atoms with Crippen molar-refractivity contribution in [3.63, 3.8) is 0 Å². The molecule has 0 saturated heterocycles. The minimum atomic E-state index is 0.0337. The second kappa shape index (κ2) is 8.69. The van der Waals surface area contributed by atoms with Gasteiger partial charge in [0.1, 0.15) is 0 Å². The molecular formula is C39H31N. The number of hydrogen-bond donors (Lipinski definition) is 0. The molecule has 0 unspecified atom stereocenters. The van der Waals surface area contributed by atoms with Crippen LogP contribution < -0.4 is 0 Å². The molecule has 0 N–H and O–H groups in total. The number of aromatic nitrogens is 1. The fourth-order valence-corrected chi connectivity index (χ4v) is 7.10. The Hall–Kier alpha value is -4.62. The summed E-state index contributed by atoms with van der Waals surface area (Å²) in [5.41, 5.74) is 14.6. The van der Waals surface area contributed by atoms with E-state index in [1.165, 1.54) is 66.4 Å². The average molecular weight is 514 g/mol. The number of para-hydroxylation sites is 1. The van der Waals surface area contributed by atoms with Crippen LogP contribution >= 0.6 is 0 Å². The maximum atomic E-state index is 2.49. The highest BCUT2D eigenvalue weighted by Gasteiger charge is 2.38. The number of benzene rings is 5. The van der Waals surface area contributed by atoms with Crippen LogP contribution in [-0.2, 0) is 5.41 Å². The second-order valence-corrected chi connectivity index (χ2v) is 11.7. The van der Waals surface area contributed by atoms with Gasteiger partial charge in [-0.3, -0.25) is 0 Å². The Morgan fingerprint density at radius 3 is 1.95 bits per heavy atom. The van der Waals surface area contributed by atoms with Crippen LogP contribution in [0.3, 0.4) is 0 Å². The summed E-state index contributed by atoms with van der Waals surface area (Å²) in [7, 11) is 0. The van der Waals surface area contributed by atoms with Crippen molar-refractivity contribution in [3.8, 4) is 27.9 Å². The van der Waals surface area contributed by atoms with Crippen molar-refractivity contribution in [3.05, 3.63) is 144 Å². The van der Waals surface area contributed by atoms with Crippen molar-refractivity contribution < 1.29 is 0 Å². The third kappa shape index (κ3) is 3.41. The molecule has 5 aromatic carbocycles. The third-order valence-electron chi connectivity index (χ3n) is 9.09. The van der Waals surface area contributed by atoms with Crippen LogP contribution in [0.15, 0.2) is 133 Å². The van der Waals surface area contributed by atoms with Crippen LogP contribution in [0.1, 0.15) is 37.8 Å². The van der Waals surface area contributed by atoms with Crippen molar-refractivity contribution >= 4 is 27.4 Å². The maximum absolute atomic E-state index is 2.49. The first-order valence-electron chi connectivity index (χ1n) is 14.3.